The van der Waals surface area contributed by atoms with Gasteiger partial charge in [0.15, 0.2) is 0 Å². The third-order valence-corrected chi connectivity index (χ3v) is 1.60. The lowest BCUT2D eigenvalue weighted by Crippen LogP contribution is -2.01. The van der Waals surface area contributed by atoms with Gasteiger partial charge in [0.2, 0.25) is 0 Å². The third kappa shape index (κ3) is 1.69. The highest BCUT2D eigenvalue weighted by molar-refractivity contribution is 5.91. The van der Waals surface area contributed by atoms with Gasteiger partial charge in [-0.05, 0) is 6.07 Å². The first kappa shape index (κ1) is 9.74. The van der Waals surface area contributed by atoms with Gasteiger partial charge in [0.25, 0.3) is 5.69 Å². The number of hydrogen-bond acceptors (Lipinski definition) is 3. The first-order chi connectivity index (χ1) is 6.56. The summed E-state index contributed by atoms with van der Waals surface area (Å²) in [6.07, 6.45) is 5.03. The van der Waals surface area contributed by atoms with Crippen molar-refractivity contribution < 1.29 is 14.8 Å². The molecular weight excluding hydrogens is 186 g/mol. The van der Waals surface area contributed by atoms with Crippen molar-refractivity contribution >= 4 is 11.7 Å². The zero-order valence-electron chi connectivity index (χ0n) is 6.93. The van der Waals surface area contributed by atoms with E-state index in [1.165, 1.54) is 12.1 Å². The Morgan fingerprint density at radius 3 is 2.64 bits per heavy atom. The predicted molar refractivity (Wildman–Crippen MR) is 48.0 cm³/mol. The maximum atomic E-state index is 10.6. The SMILES string of the molecule is C#Cc1ccc([N+](=O)[O-])cc1C(=O)O. The van der Waals surface area contributed by atoms with Crippen molar-refractivity contribution in [2.75, 3.05) is 0 Å². The molecule has 0 saturated heterocycles. The third-order valence-electron chi connectivity index (χ3n) is 1.60. The first-order valence-electron chi connectivity index (χ1n) is 3.54. The number of carbonyl (C=O) groups is 1. The van der Waals surface area contributed by atoms with Crippen LogP contribution in [-0.4, -0.2) is 16.0 Å². The van der Waals surface area contributed by atoms with Crippen LogP contribution in [0.2, 0.25) is 0 Å². The zero-order valence-corrected chi connectivity index (χ0v) is 6.93. The number of nitro benzene ring substituents is 1. The topological polar surface area (TPSA) is 80.4 Å². The quantitative estimate of drug-likeness (QED) is 0.433. The normalized spacial score (nSPS) is 9.07. The summed E-state index contributed by atoms with van der Waals surface area (Å²) in [4.78, 5) is 20.3. The van der Waals surface area contributed by atoms with Crippen molar-refractivity contribution in [1.29, 1.82) is 0 Å². The Balaban J connectivity index is 3.37. The molecule has 1 aromatic carbocycles. The number of non-ortho nitro benzene ring substituents is 1. The minimum absolute atomic E-state index is 0.128. The molecule has 0 atom stereocenters. The smallest absolute Gasteiger partial charge is 0.337 e. The molecular formula is C9H5NO4. The molecule has 0 spiro atoms. The fourth-order valence-corrected chi connectivity index (χ4v) is 0.949. The number of nitrogens with zero attached hydrogens (tertiary/aromatic N) is 1. The average molecular weight is 191 g/mol. The molecule has 1 rings (SSSR count). The van der Waals surface area contributed by atoms with Crippen LogP contribution in [0, 0.1) is 22.5 Å². The summed E-state index contributed by atoms with van der Waals surface area (Å²) in [5.74, 6) is 0.863. The van der Waals surface area contributed by atoms with Crippen LogP contribution < -0.4 is 0 Å². The highest BCUT2D eigenvalue weighted by atomic mass is 16.6. The van der Waals surface area contributed by atoms with Crippen molar-refractivity contribution in [3.8, 4) is 12.3 Å². The summed E-state index contributed by atoms with van der Waals surface area (Å²) < 4.78 is 0. The van der Waals surface area contributed by atoms with Crippen LogP contribution in [0.3, 0.4) is 0 Å². The lowest BCUT2D eigenvalue weighted by atomic mass is 10.1. The molecule has 0 heterocycles. The van der Waals surface area contributed by atoms with Crippen molar-refractivity contribution in [2.45, 2.75) is 0 Å². The average Bonchev–Trinajstić information content (AvgIpc) is 2.16. The standard InChI is InChI=1S/C9H5NO4/c1-2-6-3-4-7(10(13)14)5-8(6)9(11)12/h1,3-5H,(H,11,12). The molecule has 5 heteroatoms. The molecule has 0 aliphatic heterocycles. The first-order valence-corrected chi connectivity index (χ1v) is 3.54. The number of terminal acetylenes is 1. The maximum absolute atomic E-state index is 10.6. The largest absolute Gasteiger partial charge is 0.478 e. The summed E-state index contributed by atoms with van der Waals surface area (Å²) in [6.45, 7) is 0. The number of carboxylic acid groups (broad SMARTS) is 1. The fraction of sp³-hybridized carbons (Fsp3) is 0. The Bertz CT molecular complexity index is 445. The number of carboxylic acids is 1. The molecule has 0 amide bonds. The van der Waals surface area contributed by atoms with Gasteiger partial charge >= 0.3 is 5.97 Å². The predicted octanol–water partition coefficient (Wildman–Crippen LogP) is 1.27. The minimum atomic E-state index is -1.28. The molecule has 0 saturated carbocycles. The second kappa shape index (κ2) is 3.58. The van der Waals surface area contributed by atoms with Gasteiger partial charge < -0.3 is 5.11 Å². The lowest BCUT2D eigenvalue weighted by molar-refractivity contribution is -0.384. The number of nitro groups is 1. The molecule has 1 aromatic rings. The molecule has 0 unspecified atom stereocenters. The highest BCUT2D eigenvalue weighted by Crippen LogP contribution is 2.17. The summed E-state index contributed by atoms with van der Waals surface area (Å²) in [5.41, 5.74) is -0.397. The van der Waals surface area contributed by atoms with Crippen LogP contribution in [0.25, 0.3) is 0 Å². The van der Waals surface area contributed by atoms with E-state index >= 15 is 0 Å². The Hall–Kier alpha value is -2.35. The molecule has 1 N–H and O–H groups in total. The molecule has 14 heavy (non-hydrogen) atoms. The fourth-order valence-electron chi connectivity index (χ4n) is 0.949. The Morgan fingerprint density at radius 2 is 2.21 bits per heavy atom. The van der Waals surface area contributed by atoms with Crippen LogP contribution >= 0.6 is 0 Å². The Morgan fingerprint density at radius 1 is 1.57 bits per heavy atom. The van der Waals surface area contributed by atoms with Gasteiger partial charge in [0.1, 0.15) is 0 Å². The van der Waals surface area contributed by atoms with E-state index in [-0.39, 0.29) is 16.8 Å². The van der Waals surface area contributed by atoms with E-state index in [0.717, 1.165) is 6.07 Å². The Labute approximate surface area is 79.1 Å². The van der Waals surface area contributed by atoms with Crippen molar-refractivity contribution in [3.63, 3.8) is 0 Å². The molecule has 0 aromatic heterocycles. The minimum Gasteiger partial charge on any atom is -0.478 e. The molecule has 5 nitrogen and oxygen atoms in total. The van der Waals surface area contributed by atoms with E-state index in [0.29, 0.717) is 0 Å². The zero-order chi connectivity index (χ0) is 10.7. The summed E-state index contributed by atoms with van der Waals surface area (Å²) in [6, 6.07) is 3.35. The molecule has 0 fully saturated rings. The van der Waals surface area contributed by atoms with E-state index < -0.39 is 10.9 Å². The lowest BCUT2D eigenvalue weighted by Gasteiger charge is -1.98. The van der Waals surface area contributed by atoms with E-state index in [9.17, 15) is 14.9 Å². The van der Waals surface area contributed by atoms with Crippen molar-refractivity contribution in [2.24, 2.45) is 0 Å². The second-order valence-corrected chi connectivity index (χ2v) is 2.44. The summed E-state index contributed by atoms with van der Waals surface area (Å²) >= 11 is 0. The molecule has 0 aliphatic rings. The molecule has 0 aliphatic carbocycles. The van der Waals surface area contributed by atoms with Gasteiger partial charge in [-0.3, -0.25) is 10.1 Å². The molecule has 0 bridgehead atoms. The van der Waals surface area contributed by atoms with Crippen LogP contribution in [0.4, 0.5) is 5.69 Å². The van der Waals surface area contributed by atoms with Gasteiger partial charge in [-0.25, -0.2) is 4.79 Å². The van der Waals surface area contributed by atoms with Gasteiger partial charge in [-0.2, -0.15) is 0 Å². The molecule has 0 radical (unpaired) electrons. The Kier molecular flexibility index (Phi) is 2.49. The number of hydrogen-bond donors (Lipinski definition) is 1. The number of benzene rings is 1. The van der Waals surface area contributed by atoms with Crippen molar-refractivity contribution in [1.82, 2.24) is 0 Å². The van der Waals surface area contributed by atoms with Crippen LogP contribution in [0.5, 0.6) is 0 Å². The van der Waals surface area contributed by atoms with E-state index in [4.69, 9.17) is 11.5 Å². The van der Waals surface area contributed by atoms with Gasteiger partial charge in [0.05, 0.1) is 10.5 Å². The summed E-state index contributed by atoms with van der Waals surface area (Å²) in [7, 11) is 0. The van der Waals surface area contributed by atoms with Crippen LogP contribution in [-0.2, 0) is 0 Å². The van der Waals surface area contributed by atoms with E-state index in [1.807, 2.05) is 0 Å². The molecule has 70 valence electrons. The van der Waals surface area contributed by atoms with Crippen LogP contribution in [0.1, 0.15) is 15.9 Å². The van der Waals surface area contributed by atoms with Gasteiger partial charge in [-0.1, -0.05) is 5.92 Å². The monoisotopic (exact) mass is 191 g/mol. The summed E-state index contributed by atoms with van der Waals surface area (Å²) in [5, 5.41) is 19.0. The van der Waals surface area contributed by atoms with Gasteiger partial charge in [0, 0.05) is 17.7 Å². The maximum Gasteiger partial charge on any atom is 0.337 e. The van der Waals surface area contributed by atoms with E-state index in [2.05, 4.69) is 5.92 Å². The van der Waals surface area contributed by atoms with Gasteiger partial charge in [-0.15, -0.1) is 6.42 Å². The highest BCUT2D eigenvalue weighted by Gasteiger charge is 2.14. The number of rotatable bonds is 2. The second-order valence-electron chi connectivity index (χ2n) is 2.44. The van der Waals surface area contributed by atoms with E-state index in [1.54, 1.807) is 0 Å². The number of aromatic carboxylic acids is 1. The van der Waals surface area contributed by atoms with Crippen molar-refractivity contribution in [3.05, 3.63) is 39.4 Å². The van der Waals surface area contributed by atoms with Crippen LogP contribution in [0.15, 0.2) is 18.2 Å².